The largest absolute Gasteiger partial charge is 0.486 e. The minimum Gasteiger partial charge on any atom is -0.486 e. The van der Waals surface area contributed by atoms with Crippen LogP contribution >= 0.6 is 0 Å². The lowest BCUT2D eigenvalue weighted by Gasteiger charge is -2.15. The molecule has 0 aliphatic carbocycles. The number of amides is 1. The summed E-state index contributed by atoms with van der Waals surface area (Å²) in [7, 11) is 0. The van der Waals surface area contributed by atoms with Crippen LogP contribution < -0.4 is 15.8 Å². The Morgan fingerprint density at radius 1 is 1.38 bits per heavy atom. The second-order valence-corrected chi connectivity index (χ2v) is 6.27. The monoisotopic (exact) mass is 408 g/mol. The van der Waals surface area contributed by atoms with E-state index in [-0.39, 0.29) is 28.8 Å². The summed E-state index contributed by atoms with van der Waals surface area (Å²) in [5, 5.41) is 6.40. The first-order valence-corrected chi connectivity index (χ1v) is 8.55. The van der Waals surface area contributed by atoms with Gasteiger partial charge in [-0.25, -0.2) is 9.50 Å². The van der Waals surface area contributed by atoms with Gasteiger partial charge in [-0.3, -0.25) is 9.78 Å². The molecule has 1 aliphatic rings. The second kappa shape index (κ2) is 7.20. The summed E-state index contributed by atoms with van der Waals surface area (Å²) < 4.78 is 51.0. The fraction of sp³-hybridized carbons (Fsp3) is 0.294. The van der Waals surface area contributed by atoms with Gasteiger partial charge < -0.3 is 20.5 Å². The number of ether oxygens (including phenoxy) is 2. The Balaban J connectivity index is 1.65. The quantitative estimate of drug-likeness (QED) is 0.679. The molecule has 1 fully saturated rings. The van der Waals surface area contributed by atoms with Crippen LogP contribution in [-0.2, 0) is 10.9 Å². The van der Waals surface area contributed by atoms with Gasteiger partial charge in [0, 0.05) is 24.9 Å². The highest BCUT2D eigenvalue weighted by Gasteiger charge is 2.34. The van der Waals surface area contributed by atoms with Gasteiger partial charge in [0.05, 0.1) is 19.4 Å². The Hall–Kier alpha value is -3.41. The first-order valence-electron chi connectivity index (χ1n) is 8.55. The third-order valence-electron chi connectivity index (χ3n) is 4.24. The first-order chi connectivity index (χ1) is 13.8. The number of fused-ring (bicyclic) bond motifs is 1. The van der Waals surface area contributed by atoms with Gasteiger partial charge in [-0.15, -0.1) is 5.10 Å². The number of nitrogen functional groups attached to an aromatic ring is 1. The molecule has 0 radical (unpaired) electrons. The van der Waals surface area contributed by atoms with Crippen molar-refractivity contribution >= 4 is 23.1 Å². The second-order valence-electron chi connectivity index (χ2n) is 6.27. The molecule has 9 nitrogen and oxygen atoms in total. The van der Waals surface area contributed by atoms with Crippen molar-refractivity contribution < 1.29 is 27.4 Å². The van der Waals surface area contributed by atoms with Crippen molar-refractivity contribution in [1.82, 2.24) is 19.6 Å². The van der Waals surface area contributed by atoms with E-state index in [2.05, 4.69) is 20.4 Å². The molecule has 1 amide bonds. The van der Waals surface area contributed by atoms with Crippen molar-refractivity contribution in [2.75, 3.05) is 24.3 Å². The standard InChI is InChI=1S/C17H15F3N6O3/c18-17(19,20)12-2-5-26-15(24-12)13(14(21)25-26)16(27)23-10-7-22-4-1-11(10)29-9-3-6-28-8-9/h1-2,4-5,7,9H,3,6,8H2,(H2,21,25)(H,23,27)/t9-/m1/s1. The average Bonchev–Trinajstić information content (AvgIpc) is 3.28. The Kier molecular flexibility index (Phi) is 4.70. The predicted octanol–water partition coefficient (Wildman–Crippen LogP) is 2.15. The predicted molar refractivity (Wildman–Crippen MR) is 94.4 cm³/mol. The molecule has 4 heterocycles. The molecule has 3 N–H and O–H groups in total. The molecule has 152 valence electrons. The zero-order valence-corrected chi connectivity index (χ0v) is 14.8. The van der Waals surface area contributed by atoms with E-state index in [0.717, 1.165) is 16.8 Å². The topological polar surface area (TPSA) is 117 Å². The number of nitrogens with one attached hydrogen (secondary N) is 1. The van der Waals surface area contributed by atoms with E-state index in [1.165, 1.54) is 12.4 Å². The van der Waals surface area contributed by atoms with E-state index in [9.17, 15) is 18.0 Å². The van der Waals surface area contributed by atoms with Gasteiger partial charge in [-0.05, 0) is 6.07 Å². The van der Waals surface area contributed by atoms with E-state index in [0.29, 0.717) is 25.4 Å². The van der Waals surface area contributed by atoms with Gasteiger partial charge in [0.1, 0.15) is 28.8 Å². The van der Waals surface area contributed by atoms with Gasteiger partial charge in [0.15, 0.2) is 11.5 Å². The van der Waals surface area contributed by atoms with Crippen molar-refractivity contribution in [2.24, 2.45) is 0 Å². The van der Waals surface area contributed by atoms with Crippen LogP contribution in [0.15, 0.2) is 30.7 Å². The minimum absolute atomic E-state index is 0.175. The Morgan fingerprint density at radius 2 is 2.21 bits per heavy atom. The molecule has 0 spiro atoms. The summed E-state index contributed by atoms with van der Waals surface area (Å²) in [4.78, 5) is 20.2. The van der Waals surface area contributed by atoms with Crippen LogP contribution in [0.25, 0.3) is 5.65 Å². The highest BCUT2D eigenvalue weighted by Crippen LogP contribution is 2.30. The van der Waals surface area contributed by atoms with Crippen LogP contribution in [-0.4, -0.2) is 44.8 Å². The van der Waals surface area contributed by atoms with Crippen LogP contribution in [0.2, 0.25) is 0 Å². The van der Waals surface area contributed by atoms with E-state index < -0.39 is 17.8 Å². The molecule has 1 atom stereocenters. The summed E-state index contributed by atoms with van der Waals surface area (Å²) in [6.07, 6.45) is -0.271. The van der Waals surface area contributed by atoms with Crippen LogP contribution in [0.3, 0.4) is 0 Å². The zero-order valence-electron chi connectivity index (χ0n) is 14.8. The average molecular weight is 408 g/mol. The number of carbonyl (C=O) groups is 1. The molecule has 0 unspecified atom stereocenters. The number of hydrogen-bond acceptors (Lipinski definition) is 7. The van der Waals surface area contributed by atoms with Gasteiger partial charge >= 0.3 is 6.18 Å². The number of aromatic nitrogens is 4. The molecule has 3 aromatic heterocycles. The van der Waals surface area contributed by atoms with Gasteiger partial charge in [0.2, 0.25) is 0 Å². The molecular formula is C17H15F3N6O3. The molecule has 0 bridgehead atoms. The van der Waals surface area contributed by atoms with Crippen molar-refractivity contribution in [2.45, 2.75) is 18.7 Å². The maximum Gasteiger partial charge on any atom is 0.433 e. The number of alkyl halides is 3. The summed E-state index contributed by atoms with van der Waals surface area (Å²) in [6, 6.07) is 2.31. The van der Waals surface area contributed by atoms with Gasteiger partial charge in [0.25, 0.3) is 5.91 Å². The highest BCUT2D eigenvalue weighted by atomic mass is 19.4. The molecule has 1 saturated heterocycles. The van der Waals surface area contributed by atoms with Gasteiger partial charge in [-0.1, -0.05) is 0 Å². The summed E-state index contributed by atoms with van der Waals surface area (Å²) >= 11 is 0. The number of halogens is 3. The normalized spacial score (nSPS) is 16.9. The molecular weight excluding hydrogens is 393 g/mol. The fourth-order valence-electron chi connectivity index (χ4n) is 2.87. The molecule has 0 aromatic carbocycles. The first kappa shape index (κ1) is 18.9. The summed E-state index contributed by atoms with van der Waals surface area (Å²) in [5.74, 6) is -0.697. The lowest BCUT2D eigenvalue weighted by Crippen LogP contribution is -2.19. The van der Waals surface area contributed by atoms with E-state index >= 15 is 0 Å². The molecule has 1 aliphatic heterocycles. The Labute approximate surface area is 161 Å². The molecule has 0 saturated carbocycles. The van der Waals surface area contributed by atoms with Crippen LogP contribution in [0.5, 0.6) is 5.75 Å². The third kappa shape index (κ3) is 3.78. The van der Waals surface area contributed by atoms with Crippen LogP contribution in [0.4, 0.5) is 24.7 Å². The van der Waals surface area contributed by atoms with Crippen molar-refractivity contribution in [3.63, 3.8) is 0 Å². The highest BCUT2D eigenvalue weighted by molar-refractivity contribution is 6.12. The SMILES string of the molecule is Nc1nn2ccc(C(F)(F)F)nc2c1C(=O)Nc1cnccc1O[C@@H]1CCOC1. The maximum atomic E-state index is 13.0. The number of hydrogen-bond donors (Lipinski definition) is 2. The number of pyridine rings is 1. The molecule has 12 heteroatoms. The maximum absolute atomic E-state index is 13.0. The number of nitrogens with two attached hydrogens (primary N) is 1. The van der Waals surface area contributed by atoms with Crippen molar-refractivity contribution in [3.8, 4) is 5.75 Å². The van der Waals surface area contributed by atoms with Gasteiger partial charge in [-0.2, -0.15) is 13.2 Å². The molecule has 4 rings (SSSR count). The van der Waals surface area contributed by atoms with Crippen molar-refractivity contribution in [3.05, 3.63) is 42.0 Å². The van der Waals surface area contributed by atoms with Crippen LogP contribution in [0, 0.1) is 0 Å². The third-order valence-corrected chi connectivity index (χ3v) is 4.24. The smallest absolute Gasteiger partial charge is 0.433 e. The lowest BCUT2D eigenvalue weighted by atomic mass is 10.2. The number of carbonyl (C=O) groups excluding carboxylic acids is 1. The molecule has 3 aromatic rings. The zero-order chi connectivity index (χ0) is 20.6. The lowest BCUT2D eigenvalue weighted by molar-refractivity contribution is -0.141. The van der Waals surface area contributed by atoms with Crippen molar-refractivity contribution in [1.29, 1.82) is 0 Å². The van der Waals surface area contributed by atoms with Crippen LogP contribution in [0.1, 0.15) is 22.5 Å². The number of rotatable bonds is 4. The Morgan fingerprint density at radius 3 is 2.93 bits per heavy atom. The number of nitrogens with zero attached hydrogens (tertiary/aromatic N) is 4. The summed E-state index contributed by atoms with van der Waals surface area (Å²) in [5.41, 5.74) is 4.23. The van der Waals surface area contributed by atoms with E-state index in [1.807, 2.05) is 0 Å². The minimum atomic E-state index is -4.68. The Bertz CT molecular complexity index is 1060. The summed E-state index contributed by atoms with van der Waals surface area (Å²) in [6.45, 7) is 0.991. The molecule has 29 heavy (non-hydrogen) atoms. The van der Waals surface area contributed by atoms with E-state index in [4.69, 9.17) is 15.2 Å². The van der Waals surface area contributed by atoms with E-state index in [1.54, 1.807) is 6.07 Å². The number of anilines is 2. The fourth-order valence-corrected chi connectivity index (χ4v) is 2.87.